The summed E-state index contributed by atoms with van der Waals surface area (Å²) >= 11 is 0. The topological polar surface area (TPSA) is 53.4 Å². The number of nitrogens with zero attached hydrogens (tertiary/aromatic N) is 3. The maximum absolute atomic E-state index is 15.1. The SMILES string of the molecule is Fc1ccccc1-c1[nH]c(C2=NC(c3ccccc3)(c3ccccc3)C(c3ccccc3)=N2)nc1-c1ccccc1. The summed E-state index contributed by atoms with van der Waals surface area (Å²) in [6, 6.07) is 47.0. The fourth-order valence-corrected chi connectivity index (χ4v) is 5.47. The third-order valence-corrected chi connectivity index (χ3v) is 7.37. The number of hydrogen-bond acceptors (Lipinski definition) is 3. The predicted octanol–water partition coefficient (Wildman–Crippen LogP) is 8.08. The first kappa shape index (κ1) is 24.6. The third-order valence-electron chi connectivity index (χ3n) is 7.37. The lowest BCUT2D eigenvalue weighted by molar-refractivity contribution is 0.631. The number of hydrogen-bond donors (Lipinski definition) is 1. The van der Waals surface area contributed by atoms with Crippen molar-refractivity contribution in [2.24, 2.45) is 9.98 Å². The Labute approximate surface area is 237 Å². The van der Waals surface area contributed by atoms with E-state index in [2.05, 4.69) is 41.4 Å². The van der Waals surface area contributed by atoms with Gasteiger partial charge in [0.1, 0.15) is 5.82 Å². The molecule has 0 bridgehead atoms. The highest BCUT2D eigenvalue weighted by molar-refractivity contribution is 6.21. The third kappa shape index (κ3) is 4.28. The Balaban J connectivity index is 1.50. The van der Waals surface area contributed by atoms with Gasteiger partial charge in [-0.1, -0.05) is 133 Å². The molecule has 0 unspecified atom stereocenters. The average molecular weight is 533 g/mol. The Morgan fingerprint density at radius 3 is 1.66 bits per heavy atom. The quantitative estimate of drug-likeness (QED) is 0.232. The fraction of sp³-hybridized carbons (Fsp3) is 0.0278. The molecule has 6 aromatic rings. The molecule has 0 amide bonds. The summed E-state index contributed by atoms with van der Waals surface area (Å²) in [5.74, 6) is 0.602. The number of aromatic nitrogens is 2. The van der Waals surface area contributed by atoms with Gasteiger partial charge in [0.25, 0.3) is 0 Å². The van der Waals surface area contributed by atoms with E-state index in [4.69, 9.17) is 15.0 Å². The fourth-order valence-electron chi connectivity index (χ4n) is 5.47. The van der Waals surface area contributed by atoms with E-state index in [1.807, 2.05) is 91.0 Å². The number of aliphatic imine (C=N–C) groups is 2. The molecular weight excluding hydrogens is 507 g/mol. The highest BCUT2D eigenvalue weighted by Gasteiger charge is 2.45. The molecule has 41 heavy (non-hydrogen) atoms. The van der Waals surface area contributed by atoms with Gasteiger partial charge >= 0.3 is 0 Å². The number of nitrogens with one attached hydrogen (secondary N) is 1. The zero-order valence-electron chi connectivity index (χ0n) is 22.1. The Morgan fingerprint density at radius 2 is 1.07 bits per heavy atom. The van der Waals surface area contributed by atoms with E-state index in [9.17, 15) is 0 Å². The standard InChI is InChI=1S/C36H25FN4/c37-30-24-14-13-23-29(30)32-31(25-15-5-1-6-16-25)38-34(39-32)35-40-33(26-17-7-2-8-18-26)36(41-35,27-19-9-3-10-20-27)28-21-11-4-12-22-28/h1-24H,(H,38,39). The van der Waals surface area contributed by atoms with Gasteiger partial charge in [-0.3, -0.25) is 0 Å². The summed E-state index contributed by atoms with van der Waals surface area (Å²) < 4.78 is 15.1. The summed E-state index contributed by atoms with van der Waals surface area (Å²) in [4.78, 5) is 19.0. The van der Waals surface area contributed by atoms with Crippen molar-refractivity contribution in [1.29, 1.82) is 0 Å². The largest absolute Gasteiger partial charge is 0.335 e. The number of halogens is 1. The molecule has 0 fully saturated rings. The molecule has 1 aromatic heterocycles. The van der Waals surface area contributed by atoms with Crippen LogP contribution in [0.3, 0.4) is 0 Å². The van der Waals surface area contributed by atoms with Gasteiger partial charge in [0.15, 0.2) is 17.2 Å². The minimum Gasteiger partial charge on any atom is -0.335 e. The van der Waals surface area contributed by atoms with Crippen molar-refractivity contribution < 1.29 is 4.39 Å². The normalized spacial score (nSPS) is 14.0. The van der Waals surface area contributed by atoms with E-state index in [0.29, 0.717) is 28.6 Å². The highest BCUT2D eigenvalue weighted by atomic mass is 19.1. The van der Waals surface area contributed by atoms with Crippen LogP contribution in [0, 0.1) is 5.82 Å². The zero-order valence-corrected chi connectivity index (χ0v) is 22.1. The van der Waals surface area contributed by atoms with Gasteiger partial charge in [-0.15, -0.1) is 0 Å². The van der Waals surface area contributed by atoms with Crippen molar-refractivity contribution in [1.82, 2.24) is 9.97 Å². The minimum atomic E-state index is -0.906. The number of imidazole rings is 1. The molecule has 0 spiro atoms. The van der Waals surface area contributed by atoms with Gasteiger partial charge in [-0.2, -0.15) is 0 Å². The summed E-state index contributed by atoms with van der Waals surface area (Å²) in [7, 11) is 0. The lowest BCUT2D eigenvalue weighted by Gasteiger charge is -2.29. The monoisotopic (exact) mass is 532 g/mol. The van der Waals surface area contributed by atoms with E-state index in [-0.39, 0.29) is 5.82 Å². The number of amidine groups is 1. The highest BCUT2D eigenvalue weighted by Crippen LogP contribution is 2.42. The Bertz CT molecular complexity index is 1840. The van der Waals surface area contributed by atoms with Crippen molar-refractivity contribution in [2.75, 3.05) is 0 Å². The molecule has 5 aromatic carbocycles. The second-order valence-corrected chi connectivity index (χ2v) is 9.86. The van der Waals surface area contributed by atoms with Crippen molar-refractivity contribution >= 4 is 11.5 Å². The predicted molar refractivity (Wildman–Crippen MR) is 163 cm³/mol. The molecule has 5 heteroatoms. The van der Waals surface area contributed by atoms with Crippen LogP contribution in [0.5, 0.6) is 0 Å². The molecule has 1 aliphatic heterocycles. The smallest absolute Gasteiger partial charge is 0.193 e. The molecule has 2 heterocycles. The molecule has 0 saturated carbocycles. The second-order valence-electron chi connectivity index (χ2n) is 9.86. The summed E-state index contributed by atoms with van der Waals surface area (Å²) in [5.41, 5.74) is 5.38. The van der Waals surface area contributed by atoms with Gasteiger partial charge in [-0.05, 0) is 28.8 Å². The molecule has 1 aliphatic rings. The Hall–Kier alpha value is -5.42. The second kappa shape index (κ2) is 10.3. The maximum atomic E-state index is 15.1. The molecule has 0 aliphatic carbocycles. The van der Waals surface area contributed by atoms with Crippen LogP contribution in [0.2, 0.25) is 0 Å². The maximum Gasteiger partial charge on any atom is 0.193 e. The Kier molecular flexibility index (Phi) is 6.17. The van der Waals surface area contributed by atoms with E-state index in [0.717, 1.165) is 28.0 Å². The van der Waals surface area contributed by atoms with Crippen molar-refractivity contribution in [3.8, 4) is 22.5 Å². The first-order valence-corrected chi connectivity index (χ1v) is 13.5. The Morgan fingerprint density at radius 1 is 0.561 bits per heavy atom. The zero-order chi connectivity index (χ0) is 27.6. The van der Waals surface area contributed by atoms with Crippen LogP contribution in [-0.4, -0.2) is 21.5 Å². The lowest BCUT2D eigenvalue weighted by Crippen LogP contribution is -2.33. The van der Waals surface area contributed by atoms with Crippen molar-refractivity contribution in [3.63, 3.8) is 0 Å². The number of H-pyrrole nitrogens is 1. The van der Waals surface area contributed by atoms with Crippen LogP contribution in [0.1, 0.15) is 22.5 Å². The van der Waals surface area contributed by atoms with Gasteiger partial charge < -0.3 is 4.98 Å². The molecule has 0 atom stereocenters. The van der Waals surface area contributed by atoms with E-state index in [1.165, 1.54) is 6.07 Å². The minimum absolute atomic E-state index is 0.329. The van der Waals surface area contributed by atoms with Crippen molar-refractivity contribution in [3.05, 3.63) is 174 Å². The van der Waals surface area contributed by atoms with Crippen molar-refractivity contribution in [2.45, 2.75) is 5.54 Å². The molecule has 4 nitrogen and oxygen atoms in total. The molecule has 0 radical (unpaired) electrons. The molecule has 0 saturated heterocycles. The summed E-state index contributed by atoms with van der Waals surface area (Å²) in [6.07, 6.45) is 0. The van der Waals surface area contributed by atoms with Crippen LogP contribution < -0.4 is 0 Å². The molecule has 7 rings (SSSR count). The summed E-state index contributed by atoms with van der Waals surface area (Å²) in [6.45, 7) is 0. The lowest BCUT2D eigenvalue weighted by atomic mass is 9.77. The molecule has 1 N–H and O–H groups in total. The average Bonchev–Trinajstić information content (AvgIpc) is 3.67. The van der Waals surface area contributed by atoms with E-state index in [1.54, 1.807) is 12.1 Å². The van der Waals surface area contributed by atoms with Crippen LogP contribution in [0.4, 0.5) is 4.39 Å². The molecule has 196 valence electrons. The van der Waals surface area contributed by atoms with Crippen LogP contribution >= 0.6 is 0 Å². The van der Waals surface area contributed by atoms with Gasteiger partial charge in [0, 0.05) is 11.1 Å². The van der Waals surface area contributed by atoms with Gasteiger partial charge in [-0.25, -0.2) is 19.4 Å². The van der Waals surface area contributed by atoms with Crippen LogP contribution in [-0.2, 0) is 5.54 Å². The van der Waals surface area contributed by atoms with Crippen LogP contribution in [0.15, 0.2) is 156 Å². The van der Waals surface area contributed by atoms with Gasteiger partial charge in [0.2, 0.25) is 0 Å². The first-order chi connectivity index (χ1) is 20.2. The van der Waals surface area contributed by atoms with Gasteiger partial charge in [0.05, 0.1) is 17.1 Å². The number of aromatic amines is 1. The van der Waals surface area contributed by atoms with E-state index < -0.39 is 5.54 Å². The van der Waals surface area contributed by atoms with E-state index >= 15 is 4.39 Å². The van der Waals surface area contributed by atoms with Crippen LogP contribution in [0.25, 0.3) is 22.5 Å². The summed E-state index contributed by atoms with van der Waals surface area (Å²) in [5, 5.41) is 0. The molecular formula is C36H25FN4. The first-order valence-electron chi connectivity index (χ1n) is 13.5. The number of benzene rings is 5. The number of rotatable bonds is 6.